The number of hydrogen-bond donors (Lipinski definition) is 1. The van der Waals surface area contributed by atoms with Gasteiger partial charge in [-0.05, 0) is 38.5 Å². The molecule has 1 rings (SSSR count). The largest absolute Gasteiger partial charge is 0.460 e. The second-order valence-corrected chi connectivity index (χ2v) is 5.16. The van der Waals surface area contributed by atoms with Gasteiger partial charge in [-0.25, -0.2) is 0 Å². The summed E-state index contributed by atoms with van der Waals surface area (Å²) < 4.78 is 5.08. The number of esters is 1. The highest BCUT2D eigenvalue weighted by molar-refractivity contribution is 5.70. The van der Waals surface area contributed by atoms with Crippen molar-refractivity contribution in [3.63, 3.8) is 0 Å². The fourth-order valence-electron chi connectivity index (χ4n) is 1.48. The number of nitrogens with zero attached hydrogens (tertiary/aromatic N) is 1. The van der Waals surface area contributed by atoms with E-state index < -0.39 is 22.6 Å². The zero-order valence-corrected chi connectivity index (χ0v) is 11.1. The molecule has 6 heteroatoms. The molecule has 0 aromatic heterocycles. The van der Waals surface area contributed by atoms with Gasteiger partial charge in [-0.2, -0.15) is 0 Å². The third-order valence-electron chi connectivity index (χ3n) is 2.27. The number of aliphatic hydroxyl groups excluding tert-OH is 1. The second-order valence-electron chi connectivity index (χ2n) is 5.16. The molecule has 6 nitrogen and oxygen atoms in total. The molecule has 0 saturated heterocycles. The minimum atomic E-state index is -1.03. The molecule has 0 bridgehead atoms. The van der Waals surface area contributed by atoms with Gasteiger partial charge < -0.3 is 9.84 Å². The van der Waals surface area contributed by atoms with E-state index in [1.807, 2.05) is 0 Å². The average Bonchev–Trinajstić information content (AvgIpc) is 2.26. The number of ether oxygens (including phenoxy) is 1. The molecule has 19 heavy (non-hydrogen) atoms. The van der Waals surface area contributed by atoms with E-state index in [1.54, 1.807) is 20.8 Å². The van der Waals surface area contributed by atoms with Gasteiger partial charge in [0.2, 0.25) is 0 Å². The number of nitro groups is 1. The van der Waals surface area contributed by atoms with E-state index in [0.717, 1.165) is 0 Å². The van der Waals surface area contributed by atoms with Gasteiger partial charge in [0.15, 0.2) is 0 Å². The molecule has 1 N–H and O–H groups in total. The molecule has 104 valence electrons. The van der Waals surface area contributed by atoms with E-state index in [1.165, 1.54) is 24.3 Å². The van der Waals surface area contributed by atoms with Gasteiger partial charge >= 0.3 is 5.97 Å². The van der Waals surface area contributed by atoms with Crippen LogP contribution in [0.5, 0.6) is 0 Å². The lowest BCUT2D eigenvalue weighted by Gasteiger charge is -2.20. The van der Waals surface area contributed by atoms with Gasteiger partial charge in [0, 0.05) is 12.1 Å². The number of aliphatic hydroxyl groups is 1. The first kappa shape index (κ1) is 15.1. The Labute approximate surface area is 111 Å². The van der Waals surface area contributed by atoms with Crippen molar-refractivity contribution in [2.45, 2.75) is 38.9 Å². The molecular weight excluding hydrogens is 250 g/mol. The summed E-state index contributed by atoms with van der Waals surface area (Å²) in [7, 11) is 0. The standard InChI is InChI=1S/C13H17NO5/c1-13(2,3)19-12(16)8-11(15)9-4-6-10(7-5-9)14(17)18/h4-7,11,15H,8H2,1-3H3/t11-/m1/s1. The first-order valence-corrected chi connectivity index (χ1v) is 5.83. The van der Waals surface area contributed by atoms with Crippen molar-refractivity contribution in [3.8, 4) is 0 Å². The molecule has 0 amide bonds. The van der Waals surface area contributed by atoms with Crippen molar-refractivity contribution >= 4 is 11.7 Å². The summed E-state index contributed by atoms with van der Waals surface area (Å²) >= 11 is 0. The maximum Gasteiger partial charge on any atom is 0.309 e. The number of benzene rings is 1. The first-order chi connectivity index (χ1) is 8.69. The predicted octanol–water partition coefficient (Wildman–Crippen LogP) is 2.36. The van der Waals surface area contributed by atoms with Gasteiger partial charge in [0.1, 0.15) is 5.60 Å². The molecule has 0 aliphatic carbocycles. The topological polar surface area (TPSA) is 89.7 Å². The second kappa shape index (κ2) is 5.79. The molecule has 1 aromatic rings. The normalized spacial score (nSPS) is 12.8. The number of nitro benzene ring substituents is 1. The van der Waals surface area contributed by atoms with Gasteiger partial charge in [-0.1, -0.05) is 0 Å². The molecule has 0 fully saturated rings. The number of carbonyl (C=O) groups is 1. The molecule has 0 saturated carbocycles. The fraction of sp³-hybridized carbons (Fsp3) is 0.462. The highest BCUT2D eigenvalue weighted by Gasteiger charge is 2.20. The van der Waals surface area contributed by atoms with Crippen molar-refractivity contribution in [3.05, 3.63) is 39.9 Å². The molecule has 0 heterocycles. The van der Waals surface area contributed by atoms with E-state index in [4.69, 9.17) is 4.74 Å². The van der Waals surface area contributed by atoms with Crippen molar-refractivity contribution in [1.29, 1.82) is 0 Å². The summed E-state index contributed by atoms with van der Waals surface area (Å²) in [5.74, 6) is -0.515. The van der Waals surface area contributed by atoms with Gasteiger partial charge in [-0.3, -0.25) is 14.9 Å². The number of rotatable bonds is 4. The van der Waals surface area contributed by atoms with E-state index in [0.29, 0.717) is 5.56 Å². The summed E-state index contributed by atoms with van der Waals surface area (Å²) in [5, 5.41) is 20.3. The molecule has 0 spiro atoms. The van der Waals surface area contributed by atoms with Gasteiger partial charge in [-0.15, -0.1) is 0 Å². The molecule has 1 atom stereocenters. The molecule has 0 aliphatic rings. The maximum atomic E-state index is 11.5. The lowest BCUT2D eigenvalue weighted by molar-refractivity contribution is -0.384. The van der Waals surface area contributed by atoms with E-state index in [9.17, 15) is 20.0 Å². The number of non-ortho nitro benzene ring substituents is 1. The Kier molecular flexibility index (Phi) is 4.61. The highest BCUT2D eigenvalue weighted by Crippen LogP contribution is 2.21. The van der Waals surface area contributed by atoms with E-state index in [-0.39, 0.29) is 12.1 Å². The van der Waals surface area contributed by atoms with Crippen LogP contribution >= 0.6 is 0 Å². The smallest absolute Gasteiger partial charge is 0.309 e. The minimum absolute atomic E-state index is 0.0618. The molecule has 0 unspecified atom stereocenters. The number of carbonyl (C=O) groups excluding carboxylic acids is 1. The minimum Gasteiger partial charge on any atom is -0.460 e. The average molecular weight is 267 g/mol. The van der Waals surface area contributed by atoms with Crippen LogP contribution in [0.25, 0.3) is 0 Å². The van der Waals surface area contributed by atoms with Crippen LogP contribution in [0.4, 0.5) is 5.69 Å². The van der Waals surface area contributed by atoms with Crippen LogP contribution in [-0.2, 0) is 9.53 Å². The third-order valence-corrected chi connectivity index (χ3v) is 2.27. The zero-order valence-electron chi connectivity index (χ0n) is 11.1. The first-order valence-electron chi connectivity index (χ1n) is 5.83. The lowest BCUT2D eigenvalue weighted by Crippen LogP contribution is -2.24. The Morgan fingerprint density at radius 1 is 1.37 bits per heavy atom. The molecular formula is C13H17NO5. The van der Waals surface area contributed by atoms with Crippen LogP contribution in [-0.4, -0.2) is 21.6 Å². The predicted molar refractivity (Wildman–Crippen MR) is 68.5 cm³/mol. The molecule has 0 radical (unpaired) electrons. The van der Waals surface area contributed by atoms with Crippen molar-refractivity contribution < 1.29 is 19.6 Å². The van der Waals surface area contributed by atoms with Crippen LogP contribution in [0.2, 0.25) is 0 Å². The van der Waals surface area contributed by atoms with E-state index >= 15 is 0 Å². The Balaban J connectivity index is 2.65. The summed E-state index contributed by atoms with van der Waals surface area (Å²) in [6.45, 7) is 5.22. The van der Waals surface area contributed by atoms with Crippen LogP contribution < -0.4 is 0 Å². The lowest BCUT2D eigenvalue weighted by atomic mass is 10.1. The zero-order chi connectivity index (χ0) is 14.6. The SMILES string of the molecule is CC(C)(C)OC(=O)C[C@@H](O)c1ccc([N+](=O)[O-])cc1. The molecule has 1 aromatic carbocycles. The summed E-state index contributed by atoms with van der Waals surface area (Å²) in [6.07, 6.45) is -1.22. The highest BCUT2D eigenvalue weighted by atomic mass is 16.6. The monoisotopic (exact) mass is 267 g/mol. The van der Waals surface area contributed by atoms with Crippen molar-refractivity contribution in [2.75, 3.05) is 0 Å². The van der Waals surface area contributed by atoms with Gasteiger partial charge in [0.25, 0.3) is 5.69 Å². The summed E-state index contributed by atoms with van der Waals surface area (Å²) in [4.78, 5) is 21.5. The quantitative estimate of drug-likeness (QED) is 0.514. The Hall–Kier alpha value is -1.95. The van der Waals surface area contributed by atoms with Crippen LogP contribution in [0.15, 0.2) is 24.3 Å². The Morgan fingerprint density at radius 2 is 1.89 bits per heavy atom. The Morgan fingerprint density at radius 3 is 2.32 bits per heavy atom. The van der Waals surface area contributed by atoms with Crippen LogP contribution in [0.1, 0.15) is 38.9 Å². The third kappa shape index (κ3) is 5.05. The van der Waals surface area contributed by atoms with Crippen molar-refractivity contribution in [1.82, 2.24) is 0 Å². The van der Waals surface area contributed by atoms with Crippen LogP contribution in [0, 0.1) is 10.1 Å². The van der Waals surface area contributed by atoms with Gasteiger partial charge in [0.05, 0.1) is 17.4 Å². The van der Waals surface area contributed by atoms with Crippen molar-refractivity contribution in [2.24, 2.45) is 0 Å². The summed E-state index contributed by atoms with van der Waals surface area (Å²) in [5.41, 5.74) is -0.226. The molecule has 0 aliphatic heterocycles. The Bertz CT molecular complexity index is 461. The maximum absolute atomic E-state index is 11.5. The van der Waals surface area contributed by atoms with Crippen LogP contribution in [0.3, 0.4) is 0 Å². The summed E-state index contributed by atoms with van der Waals surface area (Å²) in [6, 6.07) is 5.42. The van der Waals surface area contributed by atoms with E-state index in [2.05, 4.69) is 0 Å². The fourth-order valence-corrected chi connectivity index (χ4v) is 1.48. The number of hydrogen-bond acceptors (Lipinski definition) is 5.